The van der Waals surface area contributed by atoms with E-state index in [1.54, 1.807) is 0 Å². The lowest BCUT2D eigenvalue weighted by Gasteiger charge is -2.18. The van der Waals surface area contributed by atoms with Crippen LogP contribution in [0.3, 0.4) is 0 Å². The fourth-order valence-corrected chi connectivity index (χ4v) is 1.34. The summed E-state index contributed by atoms with van der Waals surface area (Å²) >= 11 is 0. The van der Waals surface area contributed by atoms with Gasteiger partial charge in [-0.2, -0.15) is 13.2 Å². The Bertz CT molecular complexity index is 390. The number of carboxylic acids is 1. The van der Waals surface area contributed by atoms with Gasteiger partial charge in [0, 0.05) is 0 Å². The largest absolute Gasteiger partial charge is 0.481 e. The molecule has 0 aromatic heterocycles. The number of carboxylic acid groups (broad SMARTS) is 1. The Morgan fingerprint density at radius 1 is 1.38 bits per heavy atom. The van der Waals surface area contributed by atoms with Crippen molar-refractivity contribution >= 4 is 5.97 Å². The van der Waals surface area contributed by atoms with Crippen molar-refractivity contribution in [2.45, 2.75) is 18.6 Å². The Morgan fingerprint density at radius 2 is 1.94 bits per heavy atom. The second-order valence-electron chi connectivity index (χ2n) is 3.29. The fraction of sp³-hybridized carbons (Fsp3) is 0.300. The molecule has 1 rings (SSSR count). The number of carbonyl (C=O) groups is 1. The lowest BCUT2D eigenvalue weighted by molar-refractivity contribution is -0.149. The molecular formula is C10H10F3NO2. The fourth-order valence-electron chi connectivity index (χ4n) is 1.34. The molecule has 1 aromatic rings. The Kier molecular flexibility index (Phi) is 3.54. The zero-order valence-electron chi connectivity index (χ0n) is 8.16. The quantitative estimate of drug-likeness (QED) is 0.837. The summed E-state index contributed by atoms with van der Waals surface area (Å²) in [4.78, 5) is 10.5. The molecule has 3 N–H and O–H groups in total. The van der Waals surface area contributed by atoms with Crippen LogP contribution in [0.15, 0.2) is 24.3 Å². The standard InChI is InChI=1S/C10H10F3NO2/c11-10(12,13)9(14)7-4-2-1-3-6(7)5-8(15)16/h1-4,9H,5,14H2,(H,15,16)/t9-/m1/s1. The Balaban J connectivity index is 3.08. The highest BCUT2D eigenvalue weighted by atomic mass is 19.4. The van der Waals surface area contributed by atoms with Crippen LogP contribution >= 0.6 is 0 Å². The number of halogens is 3. The highest BCUT2D eigenvalue weighted by Crippen LogP contribution is 2.32. The molecule has 0 saturated carbocycles. The van der Waals surface area contributed by atoms with Crippen molar-refractivity contribution < 1.29 is 23.1 Å². The molecule has 16 heavy (non-hydrogen) atoms. The average Bonchev–Trinajstić information content (AvgIpc) is 2.15. The van der Waals surface area contributed by atoms with Gasteiger partial charge < -0.3 is 10.8 Å². The van der Waals surface area contributed by atoms with Gasteiger partial charge in [-0.25, -0.2) is 0 Å². The Hall–Kier alpha value is -1.56. The summed E-state index contributed by atoms with van der Waals surface area (Å²) in [6.07, 6.45) is -5.05. The minimum atomic E-state index is -4.57. The summed E-state index contributed by atoms with van der Waals surface area (Å²) in [5, 5.41) is 8.55. The van der Waals surface area contributed by atoms with Crippen LogP contribution in [-0.4, -0.2) is 17.3 Å². The van der Waals surface area contributed by atoms with Crippen LogP contribution in [0.5, 0.6) is 0 Å². The lowest BCUT2D eigenvalue weighted by Crippen LogP contribution is -2.29. The third-order valence-electron chi connectivity index (χ3n) is 2.08. The molecule has 88 valence electrons. The van der Waals surface area contributed by atoms with E-state index in [2.05, 4.69) is 0 Å². The number of rotatable bonds is 3. The molecule has 1 aromatic carbocycles. The van der Waals surface area contributed by atoms with Crippen molar-refractivity contribution in [3.8, 4) is 0 Å². The van der Waals surface area contributed by atoms with Gasteiger partial charge in [0.1, 0.15) is 6.04 Å². The van der Waals surface area contributed by atoms with Gasteiger partial charge in [0.25, 0.3) is 0 Å². The van der Waals surface area contributed by atoms with Crippen LogP contribution < -0.4 is 5.73 Å². The van der Waals surface area contributed by atoms with Crippen LogP contribution in [-0.2, 0) is 11.2 Å². The van der Waals surface area contributed by atoms with Crippen molar-refractivity contribution in [1.29, 1.82) is 0 Å². The summed E-state index contributed by atoms with van der Waals surface area (Å²) < 4.78 is 37.1. The highest BCUT2D eigenvalue weighted by Gasteiger charge is 2.38. The van der Waals surface area contributed by atoms with Crippen molar-refractivity contribution in [2.75, 3.05) is 0 Å². The summed E-state index contributed by atoms with van der Waals surface area (Å²) in [7, 11) is 0. The molecule has 0 heterocycles. The number of alkyl halides is 3. The minimum Gasteiger partial charge on any atom is -0.481 e. The smallest absolute Gasteiger partial charge is 0.407 e. The predicted octanol–water partition coefficient (Wildman–Crippen LogP) is 1.88. The molecule has 0 amide bonds. The van der Waals surface area contributed by atoms with E-state index < -0.39 is 24.6 Å². The van der Waals surface area contributed by atoms with Crippen LogP contribution in [0, 0.1) is 0 Å². The molecule has 0 saturated heterocycles. The van der Waals surface area contributed by atoms with Crippen molar-refractivity contribution in [3.05, 3.63) is 35.4 Å². The first-order valence-corrected chi connectivity index (χ1v) is 4.44. The van der Waals surface area contributed by atoms with Crippen LogP contribution in [0.25, 0.3) is 0 Å². The number of hydrogen-bond acceptors (Lipinski definition) is 2. The zero-order valence-corrected chi connectivity index (χ0v) is 8.16. The second-order valence-corrected chi connectivity index (χ2v) is 3.29. The molecule has 0 fully saturated rings. The van der Waals surface area contributed by atoms with Gasteiger partial charge in [0.05, 0.1) is 6.42 Å². The van der Waals surface area contributed by atoms with E-state index >= 15 is 0 Å². The van der Waals surface area contributed by atoms with E-state index in [0.29, 0.717) is 0 Å². The van der Waals surface area contributed by atoms with Crippen LogP contribution in [0.4, 0.5) is 13.2 Å². The highest BCUT2D eigenvalue weighted by molar-refractivity contribution is 5.70. The molecule has 1 atom stereocenters. The van der Waals surface area contributed by atoms with Crippen molar-refractivity contribution in [1.82, 2.24) is 0 Å². The van der Waals surface area contributed by atoms with Gasteiger partial charge in [-0.1, -0.05) is 24.3 Å². The number of aliphatic carboxylic acids is 1. The van der Waals surface area contributed by atoms with E-state index in [1.165, 1.54) is 24.3 Å². The first-order valence-electron chi connectivity index (χ1n) is 4.44. The number of hydrogen-bond donors (Lipinski definition) is 2. The minimum absolute atomic E-state index is 0.0832. The maximum Gasteiger partial charge on any atom is 0.407 e. The monoisotopic (exact) mass is 233 g/mol. The van der Waals surface area contributed by atoms with Gasteiger partial charge in [-0.05, 0) is 11.1 Å². The number of benzene rings is 1. The third kappa shape index (κ3) is 2.96. The van der Waals surface area contributed by atoms with Crippen LogP contribution in [0.1, 0.15) is 17.2 Å². The predicted molar refractivity (Wildman–Crippen MR) is 50.8 cm³/mol. The molecule has 0 aliphatic carbocycles. The summed E-state index contributed by atoms with van der Waals surface area (Å²) in [5.74, 6) is -1.19. The molecule has 0 bridgehead atoms. The van der Waals surface area contributed by atoms with E-state index in [-0.39, 0.29) is 11.1 Å². The molecule has 0 spiro atoms. The molecule has 6 heteroatoms. The number of nitrogens with two attached hydrogens (primary N) is 1. The van der Waals surface area contributed by atoms with Gasteiger partial charge in [-0.15, -0.1) is 0 Å². The Morgan fingerprint density at radius 3 is 2.44 bits per heavy atom. The second kappa shape index (κ2) is 4.52. The van der Waals surface area contributed by atoms with E-state index in [1.807, 2.05) is 0 Å². The van der Waals surface area contributed by atoms with Gasteiger partial charge in [-0.3, -0.25) is 4.79 Å². The molecule has 0 radical (unpaired) electrons. The summed E-state index contributed by atoms with van der Waals surface area (Å²) in [6.45, 7) is 0. The SMILES string of the molecule is N[C@H](c1ccccc1CC(=O)O)C(F)(F)F. The molecular weight excluding hydrogens is 223 g/mol. The first kappa shape index (κ1) is 12.5. The zero-order chi connectivity index (χ0) is 12.3. The maximum atomic E-state index is 12.4. The van der Waals surface area contributed by atoms with Crippen molar-refractivity contribution in [3.63, 3.8) is 0 Å². The lowest BCUT2D eigenvalue weighted by atomic mass is 9.98. The van der Waals surface area contributed by atoms with E-state index in [9.17, 15) is 18.0 Å². The summed E-state index contributed by atoms with van der Waals surface area (Å²) in [6, 6.07) is 3.24. The molecule has 3 nitrogen and oxygen atoms in total. The summed E-state index contributed by atoms with van der Waals surface area (Å²) in [5.41, 5.74) is 4.92. The normalized spacial score (nSPS) is 13.5. The Labute approximate surface area is 89.7 Å². The molecule has 0 aliphatic heterocycles. The molecule has 0 unspecified atom stereocenters. The maximum absolute atomic E-state index is 12.4. The first-order chi connectivity index (χ1) is 7.32. The third-order valence-corrected chi connectivity index (χ3v) is 2.08. The average molecular weight is 233 g/mol. The van der Waals surface area contributed by atoms with Gasteiger partial charge in [0.15, 0.2) is 0 Å². The van der Waals surface area contributed by atoms with Crippen LogP contribution in [0.2, 0.25) is 0 Å². The van der Waals surface area contributed by atoms with Gasteiger partial charge >= 0.3 is 12.1 Å². The topological polar surface area (TPSA) is 63.3 Å². The van der Waals surface area contributed by atoms with Gasteiger partial charge in [0.2, 0.25) is 0 Å². The van der Waals surface area contributed by atoms with E-state index in [4.69, 9.17) is 10.8 Å². The van der Waals surface area contributed by atoms with E-state index in [0.717, 1.165) is 0 Å². The van der Waals surface area contributed by atoms with Crippen molar-refractivity contribution in [2.24, 2.45) is 5.73 Å². The molecule has 0 aliphatic rings.